The van der Waals surface area contributed by atoms with E-state index in [2.05, 4.69) is 16.9 Å². The second-order valence-corrected chi connectivity index (χ2v) is 2.79. The molecule has 0 aliphatic carbocycles. The Kier molecular flexibility index (Phi) is 4.11. The summed E-state index contributed by atoms with van der Waals surface area (Å²) in [4.78, 5) is 8.33. The third-order valence-corrected chi connectivity index (χ3v) is 1.87. The van der Waals surface area contributed by atoms with E-state index in [1.807, 2.05) is 36.7 Å². The van der Waals surface area contributed by atoms with E-state index in [0.29, 0.717) is 0 Å². The predicted molar refractivity (Wildman–Crippen MR) is 58.3 cm³/mol. The van der Waals surface area contributed by atoms with E-state index in [1.165, 1.54) is 5.69 Å². The van der Waals surface area contributed by atoms with Crippen LogP contribution < -0.4 is 0 Å². The molecule has 0 N–H and O–H groups in total. The molecule has 0 radical (unpaired) electrons. The molecule has 76 valence electrons. The van der Waals surface area contributed by atoms with E-state index in [4.69, 9.17) is 0 Å². The highest BCUT2D eigenvalue weighted by molar-refractivity contribution is 5.30. The summed E-state index contributed by atoms with van der Waals surface area (Å²) in [6, 6.07) is 1.92. The van der Waals surface area contributed by atoms with Gasteiger partial charge in [-0.2, -0.15) is 0 Å². The monoisotopic (exact) mass is 191 g/mol. The molecule has 0 spiro atoms. The zero-order valence-electron chi connectivity index (χ0n) is 9.07. The first-order valence-corrected chi connectivity index (χ1v) is 5.19. The van der Waals surface area contributed by atoms with Gasteiger partial charge in [0, 0.05) is 18.1 Å². The number of hydrogen-bond acceptors (Lipinski definition) is 2. The van der Waals surface area contributed by atoms with Gasteiger partial charge in [-0.3, -0.25) is 4.40 Å². The lowest BCUT2D eigenvalue weighted by atomic mass is 10.3. The molecule has 3 nitrogen and oxygen atoms in total. The summed E-state index contributed by atoms with van der Waals surface area (Å²) in [5.74, 6) is 0.793. The van der Waals surface area contributed by atoms with Crippen LogP contribution in [0.1, 0.15) is 32.9 Å². The second kappa shape index (κ2) is 5.37. The maximum absolute atomic E-state index is 4.19. The lowest BCUT2D eigenvalue weighted by Crippen LogP contribution is -1.92. The van der Waals surface area contributed by atoms with Crippen molar-refractivity contribution in [3.63, 3.8) is 0 Å². The van der Waals surface area contributed by atoms with Gasteiger partial charge in [-0.1, -0.05) is 27.2 Å². The fraction of sp³-hybridized carbons (Fsp3) is 0.455. The molecular weight excluding hydrogens is 174 g/mol. The molecule has 0 amide bonds. The predicted octanol–water partition coefficient (Wildman–Crippen LogP) is 2.71. The normalized spacial score (nSPS) is 9.64. The summed E-state index contributed by atoms with van der Waals surface area (Å²) in [5.41, 5.74) is 1.24. The first-order chi connectivity index (χ1) is 6.92. The van der Waals surface area contributed by atoms with Crippen molar-refractivity contribution < 1.29 is 0 Å². The van der Waals surface area contributed by atoms with Crippen LogP contribution in [0.25, 0.3) is 5.78 Å². The van der Waals surface area contributed by atoms with E-state index in [-0.39, 0.29) is 0 Å². The van der Waals surface area contributed by atoms with Crippen molar-refractivity contribution in [1.82, 2.24) is 14.4 Å². The summed E-state index contributed by atoms with van der Waals surface area (Å²) in [7, 11) is 0. The molecule has 0 atom stereocenters. The van der Waals surface area contributed by atoms with Crippen LogP contribution in [0.2, 0.25) is 0 Å². The van der Waals surface area contributed by atoms with Crippen LogP contribution in [0.3, 0.4) is 0 Å². The van der Waals surface area contributed by atoms with Gasteiger partial charge in [-0.15, -0.1) is 0 Å². The summed E-state index contributed by atoms with van der Waals surface area (Å²) in [6.07, 6.45) is 7.86. The van der Waals surface area contributed by atoms with Gasteiger partial charge in [0.1, 0.15) is 0 Å². The third-order valence-electron chi connectivity index (χ3n) is 1.87. The number of imidazole rings is 1. The van der Waals surface area contributed by atoms with Gasteiger partial charge in [0.25, 0.3) is 0 Å². The van der Waals surface area contributed by atoms with Crippen molar-refractivity contribution in [2.45, 2.75) is 33.6 Å². The zero-order chi connectivity index (χ0) is 10.4. The van der Waals surface area contributed by atoms with E-state index in [9.17, 15) is 0 Å². The molecule has 2 aromatic rings. The van der Waals surface area contributed by atoms with Crippen LogP contribution in [0, 0.1) is 0 Å². The summed E-state index contributed by atoms with van der Waals surface area (Å²) < 4.78 is 2.03. The largest absolute Gasteiger partial charge is 0.288 e. The van der Waals surface area contributed by atoms with Crippen LogP contribution in [-0.2, 0) is 6.42 Å². The Morgan fingerprint density at radius 3 is 2.79 bits per heavy atom. The molecule has 2 rings (SSSR count). The van der Waals surface area contributed by atoms with Crippen LogP contribution >= 0.6 is 0 Å². The average molecular weight is 191 g/mol. The molecule has 2 heterocycles. The van der Waals surface area contributed by atoms with Gasteiger partial charge in [0.05, 0.1) is 6.20 Å². The number of hydrogen-bond donors (Lipinski definition) is 0. The Morgan fingerprint density at radius 1 is 1.29 bits per heavy atom. The quantitative estimate of drug-likeness (QED) is 0.730. The average Bonchev–Trinajstić information content (AvgIpc) is 2.66. The fourth-order valence-corrected chi connectivity index (χ4v) is 1.32. The number of aromatic nitrogens is 3. The molecule has 3 heteroatoms. The van der Waals surface area contributed by atoms with Crippen molar-refractivity contribution in [3.05, 3.63) is 30.4 Å². The van der Waals surface area contributed by atoms with Gasteiger partial charge in [-0.25, -0.2) is 9.97 Å². The standard InChI is InChI=1S/C9H11N3.C2H6/c1-2-4-8-7-11-9-10-5-3-6-12(8)9;1-2/h3,5-7H,2,4H2,1H3;1-2H3. The van der Waals surface area contributed by atoms with E-state index >= 15 is 0 Å². The highest BCUT2D eigenvalue weighted by atomic mass is 15.1. The third kappa shape index (κ3) is 2.10. The Morgan fingerprint density at radius 2 is 2.07 bits per heavy atom. The smallest absolute Gasteiger partial charge is 0.233 e. The Hall–Kier alpha value is -1.38. The van der Waals surface area contributed by atoms with Gasteiger partial charge < -0.3 is 0 Å². The molecule has 0 saturated heterocycles. The molecular formula is C11H17N3. The van der Waals surface area contributed by atoms with Crippen LogP contribution in [0.5, 0.6) is 0 Å². The summed E-state index contributed by atoms with van der Waals surface area (Å²) in [5, 5.41) is 0. The molecule has 14 heavy (non-hydrogen) atoms. The number of rotatable bonds is 2. The minimum Gasteiger partial charge on any atom is -0.288 e. The first kappa shape index (κ1) is 10.7. The first-order valence-electron chi connectivity index (χ1n) is 5.19. The van der Waals surface area contributed by atoms with Gasteiger partial charge in [0.15, 0.2) is 0 Å². The van der Waals surface area contributed by atoms with Crippen LogP contribution in [0.4, 0.5) is 0 Å². The maximum Gasteiger partial charge on any atom is 0.233 e. The number of nitrogens with zero attached hydrogens (tertiary/aromatic N) is 3. The molecule has 0 aromatic carbocycles. The Bertz CT molecular complexity index is 379. The molecule has 0 bridgehead atoms. The molecule has 2 aromatic heterocycles. The van der Waals surface area contributed by atoms with Gasteiger partial charge in [-0.05, 0) is 12.5 Å². The van der Waals surface area contributed by atoms with Crippen molar-refractivity contribution in [2.24, 2.45) is 0 Å². The van der Waals surface area contributed by atoms with E-state index in [1.54, 1.807) is 6.20 Å². The topological polar surface area (TPSA) is 30.2 Å². The lowest BCUT2D eigenvalue weighted by molar-refractivity contribution is 0.863. The summed E-state index contributed by atoms with van der Waals surface area (Å²) >= 11 is 0. The Labute approximate surface area is 84.8 Å². The van der Waals surface area contributed by atoms with Crippen LogP contribution in [0.15, 0.2) is 24.7 Å². The number of fused-ring (bicyclic) bond motifs is 1. The van der Waals surface area contributed by atoms with Crippen molar-refractivity contribution in [2.75, 3.05) is 0 Å². The molecule has 0 unspecified atom stereocenters. The van der Waals surface area contributed by atoms with Crippen molar-refractivity contribution in [1.29, 1.82) is 0 Å². The molecule has 0 fully saturated rings. The van der Waals surface area contributed by atoms with E-state index in [0.717, 1.165) is 18.6 Å². The van der Waals surface area contributed by atoms with Crippen LogP contribution in [-0.4, -0.2) is 14.4 Å². The highest BCUT2D eigenvalue weighted by Gasteiger charge is 2.00. The maximum atomic E-state index is 4.19. The lowest BCUT2D eigenvalue weighted by Gasteiger charge is -1.96. The highest BCUT2D eigenvalue weighted by Crippen LogP contribution is 2.05. The SMILES string of the molecule is CC.CCCc1cnc2ncccn12. The second-order valence-electron chi connectivity index (χ2n) is 2.79. The summed E-state index contributed by atoms with van der Waals surface area (Å²) in [6.45, 7) is 6.16. The van der Waals surface area contributed by atoms with Gasteiger partial charge >= 0.3 is 0 Å². The minimum absolute atomic E-state index is 0.793. The van der Waals surface area contributed by atoms with Gasteiger partial charge in [0.2, 0.25) is 5.78 Å². The van der Waals surface area contributed by atoms with E-state index < -0.39 is 0 Å². The zero-order valence-corrected chi connectivity index (χ0v) is 9.07. The van der Waals surface area contributed by atoms with Crippen molar-refractivity contribution >= 4 is 5.78 Å². The number of aryl methyl sites for hydroxylation is 1. The minimum atomic E-state index is 0.793. The molecule has 0 aliphatic rings. The Balaban J connectivity index is 0.000000461. The fourth-order valence-electron chi connectivity index (χ4n) is 1.32. The van der Waals surface area contributed by atoms with Crippen molar-refractivity contribution in [3.8, 4) is 0 Å². The molecule has 0 saturated carbocycles. The molecule has 0 aliphatic heterocycles.